The van der Waals surface area contributed by atoms with Crippen LogP contribution >= 0.6 is 11.6 Å². The number of benzene rings is 3. The first-order valence-electron chi connectivity index (χ1n) is 12.0. The molecule has 6 heteroatoms. The summed E-state index contributed by atoms with van der Waals surface area (Å²) in [6.45, 7) is 8.94. The molecule has 2 heterocycles. The lowest BCUT2D eigenvalue weighted by Crippen LogP contribution is -2.46. The molecule has 176 valence electrons. The van der Waals surface area contributed by atoms with Crippen LogP contribution in [0.15, 0.2) is 72.8 Å². The lowest BCUT2D eigenvalue weighted by molar-refractivity contribution is 0.248. The average Bonchev–Trinajstić information content (AvgIpc) is 3.23. The second-order valence-corrected chi connectivity index (χ2v) is 9.32. The summed E-state index contributed by atoms with van der Waals surface area (Å²) in [5.74, 6) is 1.77. The van der Waals surface area contributed by atoms with E-state index in [1.165, 1.54) is 16.8 Å². The van der Waals surface area contributed by atoms with E-state index < -0.39 is 0 Å². The number of halogens is 1. The van der Waals surface area contributed by atoms with Crippen molar-refractivity contribution in [2.24, 2.45) is 0 Å². The molecule has 0 unspecified atom stereocenters. The Labute approximate surface area is 206 Å². The quantitative estimate of drug-likeness (QED) is 0.323. The van der Waals surface area contributed by atoms with E-state index in [4.69, 9.17) is 21.3 Å². The zero-order valence-corrected chi connectivity index (χ0v) is 20.4. The van der Waals surface area contributed by atoms with Gasteiger partial charge in [0.05, 0.1) is 11.0 Å². The van der Waals surface area contributed by atoms with Gasteiger partial charge < -0.3 is 14.2 Å². The fraction of sp³-hybridized carbons (Fsp3) is 0.321. The van der Waals surface area contributed by atoms with Crippen LogP contribution in [0.3, 0.4) is 0 Å². The van der Waals surface area contributed by atoms with Gasteiger partial charge >= 0.3 is 0 Å². The molecular formula is C28H31ClN4O. The molecule has 1 fully saturated rings. The van der Waals surface area contributed by atoms with E-state index in [1.807, 2.05) is 24.3 Å². The second-order valence-electron chi connectivity index (χ2n) is 8.88. The van der Waals surface area contributed by atoms with Crippen LogP contribution in [0.1, 0.15) is 17.8 Å². The number of aromatic nitrogens is 2. The molecule has 5 nitrogen and oxygen atoms in total. The predicted octanol–water partition coefficient (Wildman–Crippen LogP) is 5.79. The van der Waals surface area contributed by atoms with Crippen molar-refractivity contribution in [1.82, 2.24) is 14.5 Å². The van der Waals surface area contributed by atoms with Crippen LogP contribution in [0, 0.1) is 6.92 Å². The van der Waals surface area contributed by atoms with Gasteiger partial charge in [0.25, 0.3) is 0 Å². The first-order valence-corrected chi connectivity index (χ1v) is 12.4. The van der Waals surface area contributed by atoms with E-state index in [0.29, 0.717) is 11.6 Å². The third kappa shape index (κ3) is 5.21. The van der Waals surface area contributed by atoms with Crippen molar-refractivity contribution < 1.29 is 4.74 Å². The van der Waals surface area contributed by atoms with Crippen LogP contribution < -0.4 is 9.64 Å². The summed E-state index contributed by atoms with van der Waals surface area (Å²) in [5, 5.41) is 0.708. The van der Waals surface area contributed by atoms with Crippen LogP contribution in [0.5, 0.6) is 5.75 Å². The van der Waals surface area contributed by atoms with E-state index in [9.17, 15) is 0 Å². The minimum absolute atomic E-state index is 0.436. The summed E-state index contributed by atoms with van der Waals surface area (Å²) >= 11 is 6.01. The summed E-state index contributed by atoms with van der Waals surface area (Å²) in [6.07, 6.45) is 1.08. The smallest absolute Gasteiger partial charge is 0.148 e. The molecule has 0 amide bonds. The molecule has 0 atom stereocenters. The molecule has 4 aromatic rings. The van der Waals surface area contributed by atoms with Crippen LogP contribution in [-0.2, 0) is 13.2 Å². The van der Waals surface area contributed by atoms with Crippen molar-refractivity contribution in [3.63, 3.8) is 0 Å². The Hall–Kier alpha value is -3.02. The number of hydrogen-bond acceptors (Lipinski definition) is 4. The molecule has 0 saturated carbocycles. The number of imidazole rings is 1. The Morgan fingerprint density at radius 3 is 2.38 bits per heavy atom. The lowest BCUT2D eigenvalue weighted by Gasteiger charge is -2.36. The monoisotopic (exact) mass is 474 g/mol. The highest BCUT2D eigenvalue weighted by atomic mass is 35.5. The number of nitrogens with zero attached hydrogens (tertiary/aromatic N) is 4. The largest absolute Gasteiger partial charge is 0.486 e. The molecule has 0 aliphatic carbocycles. The Bertz CT molecular complexity index is 1210. The fourth-order valence-electron chi connectivity index (χ4n) is 4.69. The zero-order chi connectivity index (χ0) is 23.3. The minimum atomic E-state index is 0.436. The maximum atomic E-state index is 6.05. The first kappa shape index (κ1) is 22.8. The van der Waals surface area contributed by atoms with Crippen molar-refractivity contribution in [1.29, 1.82) is 0 Å². The number of anilines is 1. The number of hydrogen-bond donors (Lipinski definition) is 0. The lowest BCUT2D eigenvalue weighted by atomic mass is 10.2. The molecule has 1 saturated heterocycles. The number of para-hydroxylation sites is 2. The third-order valence-corrected chi connectivity index (χ3v) is 6.84. The van der Waals surface area contributed by atoms with Gasteiger partial charge in [-0.1, -0.05) is 41.9 Å². The van der Waals surface area contributed by atoms with Gasteiger partial charge in [0, 0.05) is 43.4 Å². The molecule has 5 rings (SSSR count). The molecular weight excluding hydrogens is 444 g/mol. The molecule has 0 radical (unpaired) electrons. The van der Waals surface area contributed by atoms with E-state index >= 15 is 0 Å². The van der Waals surface area contributed by atoms with Crippen molar-refractivity contribution in [2.45, 2.75) is 26.5 Å². The number of aryl methyl sites for hydroxylation is 2. The fourth-order valence-corrected chi connectivity index (χ4v) is 4.82. The van der Waals surface area contributed by atoms with Crippen molar-refractivity contribution >= 4 is 28.3 Å². The van der Waals surface area contributed by atoms with Gasteiger partial charge in [0.15, 0.2) is 0 Å². The summed E-state index contributed by atoms with van der Waals surface area (Å²) in [5.41, 5.74) is 4.77. The molecule has 0 bridgehead atoms. The van der Waals surface area contributed by atoms with Crippen LogP contribution in [0.25, 0.3) is 11.0 Å². The number of piperazine rings is 1. The standard InChI is InChI=1S/C28H31ClN4O/c1-22-7-5-10-26-28(22)30-27(21-34-25-13-11-23(29)12-14-25)33(26)16-6-15-31-17-19-32(20-18-31)24-8-3-2-4-9-24/h2-5,7-14H,6,15-21H2,1H3. The highest BCUT2D eigenvalue weighted by Gasteiger charge is 2.18. The average molecular weight is 475 g/mol. The molecule has 1 aliphatic rings. The number of fused-ring (bicyclic) bond motifs is 1. The molecule has 1 aromatic heterocycles. The first-order chi connectivity index (χ1) is 16.7. The summed E-state index contributed by atoms with van der Waals surface area (Å²) in [7, 11) is 0. The SMILES string of the molecule is Cc1cccc2c1nc(COc1ccc(Cl)cc1)n2CCCN1CCN(c2ccccc2)CC1. The van der Waals surface area contributed by atoms with Crippen molar-refractivity contribution in [3.8, 4) is 5.75 Å². The molecule has 1 aliphatic heterocycles. The number of ether oxygens (including phenoxy) is 1. The van der Waals surface area contributed by atoms with E-state index in [0.717, 1.165) is 62.8 Å². The molecule has 0 spiro atoms. The molecule has 34 heavy (non-hydrogen) atoms. The van der Waals surface area contributed by atoms with Gasteiger partial charge in [0.1, 0.15) is 18.2 Å². The van der Waals surface area contributed by atoms with Crippen LogP contribution in [0.2, 0.25) is 5.02 Å². The van der Waals surface area contributed by atoms with Gasteiger partial charge in [-0.15, -0.1) is 0 Å². The zero-order valence-electron chi connectivity index (χ0n) is 19.7. The maximum Gasteiger partial charge on any atom is 0.148 e. The van der Waals surface area contributed by atoms with Crippen molar-refractivity contribution in [3.05, 3.63) is 89.2 Å². The topological polar surface area (TPSA) is 33.5 Å². The second kappa shape index (κ2) is 10.5. The Morgan fingerprint density at radius 2 is 1.62 bits per heavy atom. The normalized spacial score (nSPS) is 14.6. The van der Waals surface area contributed by atoms with Gasteiger partial charge in [-0.05, 0) is 67.9 Å². The third-order valence-electron chi connectivity index (χ3n) is 6.59. The highest BCUT2D eigenvalue weighted by Crippen LogP contribution is 2.23. The van der Waals surface area contributed by atoms with Gasteiger partial charge in [-0.25, -0.2) is 4.98 Å². The molecule has 3 aromatic carbocycles. The Morgan fingerprint density at radius 1 is 0.853 bits per heavy atom. The Balaban J connectivity index is 1.22. The van der Waals surface area contributed by atoms with Gasteiger partial charge in [-0.3, -0.25) is 4.90 Å². The summed E-state index contributed by atoms with van der Waals surface area (Å²) in [6, 6.07) is 24.6. The van der Waals surface area contributed by atoms with Gasteiger partial charge in [0.2, 0.25) is 0 Å². The minimum Gasteiger partial charge on any atom is -0.486 e. The maximum absolute atomic E-state index is 6.05. The Kier molecular flexibility index (Phi) is 7.02. The summed E-state index contributed by atoms with van der Waals surface area (Å²) < 4.78 is 8.38. The number of rotatable bonds is 8. The van der Waals surface area contributed by atoms with E-state index in [2.05, 4.69) is 69.8 Å². The van der Waals surface area contributed by atoms with Crippen molar-refractivity contribution in [2.75, 3.05) is 37.6 Å². The predicted molar refractivity (Wildman–Crippen MR) is 140 cm³/mol. The van der Waals surface area contributed by atoms with E-state index in [1.54, 1.807) is 0 Å². The van der Waals surface area contributed by atoms with Gasteiger partial charge in [-0.2, -0.15) is 0 Å². The van der Waals surface area contributed by atoms with Crippen LogP contribution in [0.4, 0.5) is 5.69 Å². The molecule has 0 N–H and O–H groups in total. The van der Waals surface area contributed by atoms with E-state index in [-0.39, 0.29) is 0 Å². The van der Waals surface area contributed by atoms with Crippen LogP contribution in [-0.4, -0.2) is 47.2 Å². The highest BCUT2D eigenvalue weighted by molar-refractivity contribution is 6.30. The summed E-state index contributed by atoms with van der Waals surface area (Å²) in [4.78, 5) is 10.0.